The first-order chi connectivity index (χ1) is 8.76. The normalized spacial score (nSPS) is 31.2. The molecule has 18 heavy (non-hydrogen) atoms. The van der Waals surface area contributed by atoms with Gasteiger partial charge >= 0.3 is 0 Å². The molecule has 0 aromatic carbocycles. The third-order valence-corrected chi connectivity index (χ3v) is 4.62. The van der Waals surface area contributed by atoms with Gasteiger partial charge in [0.05, 0.1) is 12.0 Å². The molecule has 0 aliphatic carbocycles. The van der Waals surface area contributed by atoms with E-state index in [4.69, 9.17) is 0 Å². The molecule has 2 bridgehead atoms. The van der Waals surface area contributed by atoms with Crippen LogP contribution in [0.4, 0.5) is 0 Å². The molecular weight excluding hydrogens is 224 g/mol. The topological polar surface area (TPSA) is 33.1 Å². The van der Waals surface area contributed by atoms with E-state index in [1.165, 1.54) is 31.4 Å². The summed E-state index contributed by atoms with van der Waals surface area (Å²) in [6, 6.07) is 2.28. The molecule has 1 aromatic heterocycles. The first kappa shape index (κ1) is 12.2. The van der Waals surface area contributed by atoms with Crippen LogP contribution >= 0.6 is 0 Å². The molecule has 0 spiro atoms. The van der Waals surface area contributed by atoms with Crippen LogP contribution in [0.5, 0.6) is 0 Å². The Labute approximate surface area is 109 Å². The first-order valence-corrected chi connectivity index (χ1v) is 7.21. The Morgan fingerprint density at radius 3 is 2.78 bits per heavy atom. The van der Waals surface area contributed by atoms with Crippen molar-refractivity contribution in [2.75, 3.05) is 7.05 Å². The number of hydrogen-bond donors (Lipinski definition) is 1. The average molecular weight is 248 g/mol. The summed E-state index contributed by atoms with van der Waals surface area (Å²) < 4.78 is 2.24. The number of rotatable bonds is 4. The van der Waals surface area contributed by atoms with E-state index in [9.17, 15) is 0 Å². The standard InChI is InChI=1S/C14H24N4/c1-3-18-10-15-8-14(18)9-17(2)13-6-11-4-5-12(7-13)16-11/h8,10-13,16H,3-7,9H2,1-2H3. The van der Waals surface area contributed by atoms with Gasteiger partial charge in [0, 0.05) is 37.4 Å². The Hall–Kier alpha value is -0.870. The van der Waals surface area contributed by atoms with E-state index in [-0.39, 0.29) is 0 Å². The maximum absolute atomic E-state index is 4.26. The number of nitrogens with zero attached hydrogens (tertiary/aromatic N) is 3. The van der Waals surface area contributed by atoms with Gasteiger partial charge in [-0.15, -0.1) is 0 Å². The number of fused-ring (bicyclic) bond motifs is 2. The summed E-state index contributed by atoms with van der Waals surface area (Å²) in [5.74, 6) is 0. The summed E-state index contributed by atoms with van der Waals surface area (Å²) >= 11 is 0. The lowest BCUT2D eigenvalue weighted by Crippen LogP contribution is -2.46. The summed E-state index contributed by atoms with van der Waals surface area (Å²) in [6.45, 7) is 4.22. The number of aromatic nitrogens is 2. The summed E-state index contributed by atoms with van der Waals surface area (Å²) in [6.07, 6.45) is 9.33. The van der Waals surface area contributed by atoms with Gasteiger partial charge in [-0.3, -0.25) is 4.90 Å². The predicted molar refractivity (Wildman–Crippen MR) is 72.3 cm³/mol. The number of aryl methyl sites for hydroxylation is 1. The van der Waals surface area contributed by atoms with E-state index in [1.807, 2.05) is 12.5 Å². The lowest BCUT2D eigenvalue weighted by molar-refractivity contribution is 0.163. The Balaban J connectivity index is 1.63. The van der Waals surface area contributed by atoms with Crippen molar-refractivity contribution in [3.63, 3.8) is 0 Å². The van der Waals surface area contributed by atoms with E-state index < -0.39 is 0 Å². The van der Waals surface area contributed by atoms with Gasteiger partial charge in [0.2, 0.25) is 0 Å². The van der Waals surface area contributed by atoms with Gasteiger partial charge in [0.25, 0.3) is 0 Å². The molecule has 0 radical (unpaired) electrons. The van der Waals surface area contributed by atoms with Crippen molar-refractivity contribution in [1.82, 2.24) is 19.8 Å². The van der Waals surface area contributed by atoms with E-state index in [1.54, 1.807) is 0 Å². The fourth-order valence-electron chi connectivity index (χ4n) is 3.54. The summed E-state index contributed by atoms with van der Waals surface area (Å²) in [5, 5.41) is 3.71. The minimum atomic E-state index is 0.740. The van der Waals surface area contributed by atoms with E-state index in [2.05, 4.69) is 33.7 Å². The number of nitrogens with one attached hydrogen (secondary N) is 1. The fourth-order valence-corrected chi connectivity index (χ4v) is 3.54. The number of imidazole rings is 1. The molecular formula is C14H24N4. The van der Waals surface area contributed by atoms with Gasteiger partial charge in [0.15, 0.2) is 0 Å². The van der Waals surface area contributed by atoms with Crippen LogP contribution in [-0.4, -0.2) is 39.6 Å². The third kappa shape index (κ3) is 2.31. The van der Waals surface area contributed by atoms with Crippen LogP contribution in [0.2, 0.25) is 0 Å². The van der Waals surface area contributed by atoms with Gasteiger partial charge in [-0.2, -0.15) is 0 Å². The summed E-state index contributed by atoms with van der Waals surface area (Å²) in [5.41, 5.74) is 1.34. The molecule has 4 heteroatoms. The van der Waals surface area contributed by atoms with Crippen molar-refractivity contribution >= 4 is 0 Å². The Morgan fingerprint density at radius 2 is 2.11 bits per heavy atom. The van der Waals surface area contributed by atoms with Crippen LogP contribution in [0.25, 0.3) is 0 Å². The van der Waals surface area contributed by atoms with Crippen molar-refractivity contribution < 1.29 is 0 Å². The number of piperidine rings is 1. The molecule has 4 nitrogen and oxygen atoms in total. The van der Waals surface area contributed by atoms with Crippen molar-refractivity contribution in [1.29, 1.82) is 0 Å². The molecule has 1 aromatic rings. The lowest BCUT2D eigenvalue weighted by atomic mass is 9.98. The van der Waals surface area contributed by atoms with Crippen LogP contribution in [0.1, 0.15) is 38.3 Å². The maximum atomic E-state index is 4.26. The van der Waals surface area contributed by atoms with E-state index in [0.717, 1.165) is 31.2 Å². The Bertz CT molecular complexity index is 388. The molecule has 2 aliphatic heterocycles. The highest BCUT2D eigenvalue weighted by Gasteiger charge is 2.35. The zero-order valence-corrected chi connectivity index (χ0v) is 11.5. The fraction of sp³-hybridized carbons (Fsp3) is 0.786. The first-order valence-electron chi connectivity index (χ1n) is 7.21. The molecule has 100 valence electrons. The highest BCUT2D eigenvalue weighted by Crippen LogP contribution is 2.29. The number of hydrogen-bond acceptors (Lipinski definition) is 3. The average Bonchev–Trinajstić information content (AvgIpc) is 2.95. The van der Waals surface area contributed by atoms with Crippen LogP contribution in [0, 0.1) is 0 Å². The molecule has 2 atom stereocenters. The monoisotopic (exact) mass is 248 g/mol. The minimum absolute atomic E-state index is 0.740. The molecule has 3 rings (SSSR count). The van der Waals surface area contributed by atoms with Crippen LogP contribution < -0.4 is 5.32 Å². The SMILES string of the molecule is CCn1cncc1CN(C)C1CC2CCC(C1)N2. The summed E-state index contributed by atoms with van der Waals surface area (Å²) in [7, 11) is 2.27. The Kier molecular flexibility index (Phi) is 3.39. The molecule has 0 amide bonds. The minimum Gasteiger partial charge on any atom is -0.334 e. The zero-order valence-electron chi connectivity index (χ0n) is 11.5. The molecule has 2 saturated heterocycles. The smallest absolute Gasteiger partial charge is 0.0948 e. The van der Waals surface area contributed by atoms with Gasteiger partial charge < -0.3 is 9.88 Å². The van der Waals surface area contributed by atoms with E-state index in [0.29, 0.717) is 0 Å². The van der Waals surface area contributed by atoms with Crippen molar-refractivity contribution in [2.45, 2.75) is 63.8 Å². The largest absolute Gasteiger partial charge is 0.334 e. The van der Waals surface area contributed by atoms with Crippen LogP contribution in [-0.2, 0) is 13.1 Å². The quantitative estimate of drug-likeness (QED) is 0.879. The highest BCUT2D eigenvalue weighted by molar-refractivity contribution is 5.00. The molecule has 2 fully saturated rings. The highest BCUT2D eigenvalue weighted by atomic mass is 15.2. The lowest BCUT2D eigenvalue weighted by Gasteiger charge is -2.35. The van der Waals surface area contributed by atoms with Crippen molar-refractivity contribution in [2.24, 2.45) is 0 Å². The van der Waals surface area contributed by atoms with E-state index >= 15 is 0 Å². The van der Waals surface area contributed by atoms with Gasteiger partial charge in [-0.05, 0) is 39.7 Å². The molecule has 2 aliphatic rings. The second-order valence-electron chi connectivity index (χ2n) is 5.85. The second-order valence-corrected chi connectivity index (χ2v) is 5.85. The molecule has 3 heterocycles. The zero-order chi connectivity index (χ0) is 12.5. The van der Waals surface area contributed by atoms with Crippen LogP contribution in [0.15, 0.2) is 12.5 Å². The third-order valence-electron chi connectivity index (χ3n) is 4.62. The predicted octanol–water partition coefficient (Wildman–Crippen LogP) is 1.62. The van der Waals surface area contributed by atoms with Gasteiger partial charge in [-0.1, -0.05) is 0 Å². The second kappa shape index (κ2) is 5.02. The maximum Gasteiger partial charge on any atom is 0.0948 e. The van der Waals surface area contributed by atoms with Gasteiger partial charge in [-0.25, -0.2) is 4.98 Å². The Morgan fingerprint density at radius 1 is 1.39 bits per heavy atom. The van der Waals surface area contributed by atoms with Crippen molar-refractivity contribution in [3.05, 3.63) is 18.2 Å². The van der Waals surface area contributed by atoms with Gasteiger partial charge in [0.1, 0.15) is 0 Å². The molecule has 2 unspecified atom stereocenters. The molecule has 0 saturated carbocycles. The van der Waals surface area contributed by atoms with Crippen molar-refractivity contribution in [3.8, 4) is 0 Å². The molecule has 1 N–H and O–H groups in total. The summed E-state index contributed by atoms with van der Waals surface area (Å²) in [4.78, 5) is 6.78. The van der Waals surface area contributed by atoms with Crippen LogP contribution in [0.3, 0.4) is 0 Å².